The Bertz CT molecular complexity index is 1420. The summed E-state index contributed by atoms with van der Waals surface area (Å²) in [5.74, 6) is 2.40. The number of ether oxygens (including phenoxy) is 1. The van der Waals surface area contributed by atoms with Crippen molar-refractivity contribution in [2.45, 2.75) is 56.9 Å². The minimum Gasteiger partial charge on any atom is -0.504 e. The van der Waals surface area contributed by atoms with Crippen molar-refractivity contribution in [2.24, 2.45) is 17.8 Å². The summed E-state index contributed by atoms with van der Waals surface area (Å²) in [7, 11) is 5.87. The van der Waals surface area contributed by atoms with Gasteiger partial charge in [0.15, 0.2) is 17.1 Å². The summed E-state index contributed by atoms with van der Waals surface area (Å²) < 4.78 is 11.1. The molecule has 3 saturated carbocycles. The molecule has 208 valence electrons. The van der Waals surface area contributed by atoms with E-state index in [1.807, 2.05) is 24.3 Å². The van der Waals surface area contributed by atoms with Crippen LogP contribution in [0.3, 0.4) is 0 Å². The molecule has 3 fully saturated rings. The molecule has 3 aliphatic rings. The fourth-order valence-corrected chi connectivity index (χ4v) is 8.05. The van der Waals surface area contributed by atoms with Crippen LogP contribution in [0.2, 0.25) is 0 Å². The summed E-state index contributed by atoms with van der Waals surface area (Å²) in [6.07, 6.45) is 11.0. The highest BCUT2D eigenvalue weighted by Gasteiger charge is 2.56. The largest absolute Gasteiger partial charge is 0.504 e. The first-order valence-corrected chi connectivity index (χ1v) is 14.4. The molecule has 2 aromatic carbocycles. The van der Waals surface area contributed by atoms with Gasteiger partial charge < -0.3 is 29.2 Å². The first-order valence-electron chi connectivity index (χ1n) is 14.4. The van der Waals surface area contributed by atoms with E-state index >= 15 is 0 Å². The number of hydrogen-bond donors (Lipinski definition) is 2. The molecule has 6 rings (SSSR count). The van der Waals surface area contributed by atoms with Crippen LogP contribution in [0.25, 0.3) is 22.3 Å². The molecule has 1 heterocycles. The molecule has 3 aromatic rings. The lowest BCUT2D eigenvalue weighted by molar-refractivity contribution is -0.000435. The number of hydrogen-bond acceptors (Lipinski definition) is 7. The molecule has 2 N–H and O–H groups in total. The van der Waals surface area contributed by atoms with E-state index < -0.39 is 11.2 Å². The van der Waals surface area contributed by atoms with Crippen molar-refractivity contribution in [3.63, 3.8) is 0 Å². The molecule has 3 bridgehead atoms. The first kappa shape index (κ1) is 26.1. The Kier molecular flexibility index (Phi) is 6.74. The third-order valence-corrected chi connectivity index (χ3v) is 9.99. The van der Waals surface area contributed by atoms with Gasteiger partial charge in [0, 0.05) is 30.4 Å². The fraction of sp³-hybridized carbons (Fsp3) is 0.531. The molecule has 39 heavy (non-hydrogen) atoms. The third kappa shape index (κ3) is 4.45. The van der Waals surface area contributed by atoms with Crippen molar-refractivity contribution < 1.29 is 19.4 Å². The molecule has 1 aromatic heterocycles. The van der Waals surface area contributed by atoms with Gasteiger partial charge in [-0.05, 0) is 113 Å². The van der Waals surface area contributed by atoms with Crippen molar-refractivity contribution in [1.82, 2.24) is 4.90 Å². The number of rotatable bonds is 9. The van der Waals surface area contributed by atoms with Gasteiger partial charge in [-0.3, -0.25) is 4.79 Å². The van der Waals surface area contributed by atoms with Crippen LogP contribution in [0.4, 0.5) is 5.69 Å². The molecule has 4 unspecified atom stereocenters. The lowest BCUT2D eigenvalue weighted by Gasteiger charge is -2.51. The van der Waals surface area contributed by atoms with E-state index in [-0.39, 0.29) is 28.2 Å². The molecule has 3 aliphatic carbocycles. The van der Waals surface area contributed by atoms with Crippen molar-refractivity contribution in [2.75, 3.05) is 39.2 Å². The van der Waals surface area contributed by atoms with E-state index in [0.717, 1.165) is 36.4 Å². The second-order valence-corrected chi connectivity index (χ2v) is 12.2. The zero-order valence-electron chi connectivity index (χ0n) is 23.3. The van der Waals surface area contributed by atoms with Gasteiger partial charge in [0.2, 0.25) is 16.9 Å². The Morgan fingerprint density at radius 1 is 0.974 bits per heavy atom. The van der Waals surface area contributed by atoms with Gasteiger partial charge in [0.25, 0.3) is 0 Å². The predicted molar refractivity (Wildman–Crippen MR) is 154 cm³/mol. The van der Waals surface area contributed by atoms with Crippen LogP contribution in [0, 0.1) is 17.8 Å². The zero-order chi connectivity index (χ0) is 27.3. The van der Waals surface area contributed by atoms with Gasteiger partial charge in [0.05, 0.1) is 12.5 Å². The second-order valence-electron chi connectivity index (χ2n) is 12.2. The first-order chi connectivity index (χ1) is 18.8. The fourth-order valence-electron chi connectivity index (χ4n) is 8.05. The van der Waals surface area contributed by atoms with Gasteiger partial charge in [-0.25, -0.2) is 0 Å². The number of nitrogens with zero attached hydrogens (tertiary/aromatic N) is 2. The molecule has 7 nitrogen and oxygen atoms in total. The minimum absolute atomic E-state index is 0.0542. The van der Waals surface area contributed by atoms with Crippen molar-refractivity contribution in [3.05, 3.63) is 46.6 Å². The smallest absolute Gasteiger partial charge is 0.235 e. The molecule has 0 saturated heterocycles. The number of fused-ring (bicyclic) bond motifs is 3. The summed E-state index contributed by atoms with van der Waals surface area (Å²) >= 11 is 0. The highest BCUT2D eigenvalue weighted by molar-refractivity contribution is 5.88. The normalized spacial score (nSPS) is 25.5. The highest BCUT2D eigenvalue weighted by atomic mass is 16.5. The van der Waals surface area contributed by atoms with Crippen LogP contribution in [-0.2, 0) is 0 Å². The van der Waals surface area contributed by atoms with Crippen LogP contribution < -0.4 is 15.1 Å². The Balaban J connectivity index is 1.09. The van der Waals surface area contributed by atoms with E-state index in [1.165, 1.54) is 70.7 Å². The predicted octanol–water partition coefficient (Wildman–Crippen LogP) is 6.00. The number of benzene rings is 2. The maximum absolute atomic E-state index is 12.8. The van der Waals surface area contributed by atoms with E-state index in [2.05, 4.69) is 23.9 Å². The SMILES string of the molecule is COc1c(O)ccc2c(=O)c(O)c(-c3ccc(N(C)CCCCN(C)C45CC6CCC4CC(C6)C5)cc3)oc12. The average molecular weight is 533 g/mol. The number of aromatic hydroxyl groups is 2. The zero-order valence-corrected chi connectivity index (χ0v) is 23.3. The third-order valence-electron chi connectivity index (χ3n) is 9.99. The Morgan fingerprint density at radius 3 is 2.49 bits per heavy atom. The van der Waals surface area contributed by atoms with E-state index in [1.54, 1.807) is 0 Å². The van der Waals surface area contributed by atoms with Crippen LogP contribution in [-0.4, -0.2) is 54.9 Å². The molecule has 0 aliphatic heterocycles. The molecular formula is C32H40N2O5. The summed E-state index contributed by atoms with van der Waals surface area (Å²) in [4.78, 5) is 17.8. The summed E-state index contributed by atoms with van der Waals surface area (Å²) in [5, 5.41) is 20.8. The van der Waals surface area contributed by atoms with Crippen molar-refractivity contribution in [3.8, 4) is 28.6 Å². The van der Waals surface area contributed by atoms with Gasteiger partial charge in [-0.2, -0.15) is 0 Å². The quantitative estimate of drug-likeness (QED) is 0.327. The highest BCUT2D eigenvalue weighted by Crippen LogP contribution is 2.59. The van der Waals surface area contributed by atoms with Gasteiger partial charge in [-0.1, -0.05) is 6.42 Å². The Labute approximate surface area is 230 Å². The number of phenolic OH excluding ortho intramolecular Hbond substituents is 1. The average Bonchev–Trinajstić information content (AvgIpc) is 3.10. The maximum Gasteiger partial charge on any atom is 0.235 e. The van der Waals surface area contributed by atoms with Crippen LogP contribution in [0.15, 0.2) is 45.6 Å². The number of phenols is 1. The summed E-state index contributed by atoms with van der Waals surface area (Å²) in [6, 6.07) is 10.4. The lowest BCUT2D eigenvalue weighted by Crippen LogP contribution is -2.54. The number of unbranched alkanes of at least 4 members (excludes halogenated alkanes) is 1. The van der Waals surface area contributed by atoms with Crippen LogP contribution in [0.1, 0.15) is 51.4 Å². The van der Waals surface area contributed by atoms with Crippen molar-refractivity contribution >= 4 is 16.7 Å². The lowest BCUT2D eigenvalue weighted by atomic mass is 9.66. The minimum atomic E-state index is -0.565. The number of methoxy groups -OCH3 is 1. The van der Waals surface area contributed by atoms with E-state index in [0.29, 0.717) is 11.1 Å². The van der Waals surface area contributed by atoms with Gasteiger partial charge in [-0.15, -0.1) is 0 Å². The van der Waals surface area contributed by atoms with Crippen molar-refractivity contribution in [1.29, 1.82) is 0 Å². The standard InChI is InChI=1S/C32H40N2O5/c1-33(14-4-5-15-34(2)32-18-20-6-9-23(32)17-21(16-20)19-32)24-10-7-22(8-11-24)29-28(37)27(36)25-12-13-26(35)31(38-3)30(25)39-29/h7-8,10-13,20-21,23,35,37H,4-6,9,14-19H2,1-3H3. The van der Waals surface area contributed by atoms with Gasteiger partial charge in [0.1, 0.15) is 0 Å². The van der Waals surface area contributed by atoms with Gasteiger partial charge >= 0.3 is 0 Å². The summed E-state index contributed by atoms with van der Waals surface area (Å²) in [6.45, 7) is 2.13. The Morgan fingerprint density at radius 2 is 1.72 bits per heavy atom. The molecule has 7 heteroatoms. The number of anilines is 1. The maximum atomic E-state index is 12.8. The molecule has 0 radical (unpaired) electrons. The topological polar surface area (TPSA) is 86.4 Å². The molecular weight excluding hydrogens is 492 g/mol. The van der Waals surface area contributed by atoms with Crippen LogP contribution in [0.5, 0.6) is 17.2 Å². The molecule has 4 atom stereocenters. The van der Waals surface area contributed by atoms with Crippen LogP contribution >= 0.6 is 0 Å². The Hall–Kier alpha value is -3.19. The second kappa shape index (κ2) is 10.1. The van der Waals surface area contributed by atoms with E-state index in [4.69, 9.17) is 9.15 Å². The molecule has 0 amide bonds. The molecule has 0 spiro atoms. The monoisotopic (exact) mass is 532 g/mol. The summed E-state index contributed by atoms with van der Waals surface area (Å²) in [5.41, 5.74) is 1.66. The van der Waals surface area contributed by atoms with E-state index in [9.17, 15) is 15.0 Å².